The Bertz CT molecular complexity index is 479. The van der Waals surface area contributed by atoms with E-state index >= 15 is 0 Å². The lowest BCUT2D eigenvalue weighted by Gasteiger charge is -2.01. The van der Waals surface area contributed by atoms with Gasteiger partial charge >= 0.3 is 0 Å². The zero-order chi connectivity index (χ0) is 10.8. The molecule has 0 amide bonds. The van der Waals surface area contributed by atoms with Crippen LogP contribution in [-0.2, 0) is 6.54 Å². The normalized spacial score (nSPS) is 10.5. The summed E-state index contributed by atoms with van der Waals surface area (Å²) in [5, 5.41) is 13.6. The highest BCUT2D eigenvalue weighted by Gasteiger charge is 2.09. The average molecular weight is 206 g/mol. The zero-order valence-corrected chi connectivity index (χ0v) is 8.31. The first-order chi connectivity index (χ1) is 7.22. The van der Waals surface area contributed by atoms with E-state index in [-0.39, 0.29) is 5.75 Å². The van der Waals surface area contributed by atoms with Gasteiger partial charge in [0.1, 0.15) is 0 Å². The second-order valence-corrected chi connectivity index (χ2v) is 3.22. The van der Waals surface area contributed by atoms with Crippen LogP contribution in [0.3, 0.4) is 0 Å². The Hall–Kier alpha value is -1.84. The molecule has 0 aliphatic carbocycles. The summed E-state index contributed by atoms with van der Waals surface area (Å²) in [5.74, 6) is -0.940. The molecule has 3 nitrogen and oxygen atoms in total. The predicted molar refractivity (Wildman–Crippen MR) is 55.0 cm³/mol. The molecule has 0 unspecified atom stereocenters. The van der Waals surface area contributed by atoms with Gasteiger partial charge in [0.15, 0.2) is 11.6 Å². The summed E-state index contributed by atoms with van der Waals surface area (Å²) in [6.45, 7) is 2.71. The van der Waals surface area contributed by atoms with E-state index in [4.69, 9.17) is 0 Å². The SMILES string of the molecule is CCn1cc(-c2cccc(F)c2O)cn1. The van der Waals surface area contributed by atoms with Gasteiger partial charge in [-0.1, -0.05) is 12.1 Å². The standard InChI is InChI=1S/C11H11FN2O/c1-2-14-7-8(6-13-14)9-4-3-5-10(12)11(9)15/h3-7,15H,2H2,1H3. The Morgan fingerprint density at radius 1 is 1.47 bits per heavy atom. The first-order valence-corrected chi connectivity index (χ1v) is 4.72. The number of benzene rings is 1. The minimum atomic E-state index is -0.614. The number of aryl methyl sites for hydroxylation is 1. The lowest BCUT2D eigenvalue weighted by molar-refractivity contribution is 0.434. The molecule has 0 bridgehead atoms. The van der Waals surface area contributed by atoms with Gasteiger partial charge in [0.2, 0.25) is 0 Å². The Morgan fingerprint density at radius 3 is 2.93 bits per heavy atom. The number of halogens is 1. The van der Waals surface area contributed by atoms with E-state index in [2.05, 4.69) is 5.10 Å². The highest BCUT2D eigenvalue weighted by Crippen LogP contribution is 2.30. The van der Waals surface area contributed by atoms with Crippen LogP contribution in [0.4, 0.5) is 4.39 Å². The third-order valence-electron chi connectivity index (χ3n) is 2.26. The maximum Gasteiger partial charge on any atom is 0.165 e. The molecule has 1 aromatic heterocycles. The van der Waals surface area contributed by atoms with Crippen molar-refractivity contribution < 1.29 is 9.50 Å². The number of aromatic nitrogens is 2. The smallest absolute Gasteiger partial charge is 0.165 e. The second kappa shape index (κ2) is 3.73. The molecular formula is C11H11FN2O. The second-order valence-electron chi connectivity index (χ2n) is 3.22. The minimum Gasteiger partial charge on any atom is -0.504 e. The summed E-state index contributed by atoms with van der Waals surface area (Å²) in [5.41, 5.74) is 1.18. The number of aromatic hydroxyl groups is 1. The van der Waals surface area contributed by atoms with Gasteiger partial charge in [-0.3, -0.25) is 4.68 Å². The summed E-state index contributed by atoms with van der Waals surface area (Å²) in [6.07, 6.45) is 3.38. The molecular weight excluding hydrogens is 195 g/mol. The fourth-order valence-electron chi connectivity index (χ4n) is 1.42. The van der Waals surface area contributed by atoms with Crippen LogP contribution >= 0.6 is 0 Å². The summed E-state index contributed by atoms with van der Waals surface area (Å²) in [6, 6.07) is 4.45. The van der Waals surface area contributed by atoms with E-state index in [1.54, 1.807) is 29.2 Å². The van der Waals surface area contributed by atoms with Crippen molar-refractivity contribution in [3.8, 4) is 16.9 Å². The maximum absolute atomic E-state index is 13.1. The fraction of sp³-hybridized carbons (Fsp3) is 0.182. The topological polar surface area (TPSA) is 38.0 Å². The predicted octanol–water partition coefficient (Wildman–Crippen LogP) is 2.41. The van der Waals surface area contributed by atoms with Crippen molar-refractivity contribution in [3.05, 3.63) is 36.4 Å². The molecule has 0 saturated heterocycles. The third kappa shape index (κ3) is 1.70. The number of para-hydroxylation sites is 1. The molecule has 0 saturated carbocycles. The van der Waals surface area contributed by atoms with Gasteiger partial charge < -0.3 is 5.11 Å². The molecule has 1 heterocycles. The number of phenolic OH excluding ortho intramolecular Hbond substituents is 1. The highest BCUT2D eigenvalue weighted by atomic mass is 19.1. The summed E-state index contributed by atoms with van der Waals surface area (Å²) < 4.78 is 14.8. The lowest BCUT2D eigenvalue weighted by Crippen LogP contribution is -1.92. The molecule has 0 radical (unpaired) electrons. The van der Waals surface area contributed by atoms with Crippen LogP contribution in [0.1, 0.15) is 6.92 Å². The number of hydrogen-bond acceptors (Lipinski definition) is 2. The molecule has 78 valence electrons. The molecule has 0 aliphatic rings. The maximum atomic E-state index is 13.1. The van der Waals surface area contributed by atoms with Gasteiger partial charge in [-0.15, -0.1) is 0 Å². The van der Waals surface area contributed by atoms with E-state index in [1.165, 1.54) is 6.07 Å². The van der Waals surface area contributed by atoms with Gasteiger partial charge in [-0.2, -0.15) is 5.10 Å². The minimum absolute atomic E-state index is 0.326. The van der Waals surface area contributed by atoms with Gasteiger partial charge in [-0.05, 0) is 13.0 Å². The quantitative estimate of drug-likeness (QED) is 0.819. The molecule has 4 heteroatoms. The zero-order valence-electron chi connectivity index (χ0n) is 8.31. The van der Waals surface area contributed by atoms with E-state index < -0.39 is 5.82 Å². The molecule has 1 aromatic carbocycles. The Labute approximate surface area is 86.8 Å². The lowest BCUT2D eigenvalue weighted by atomic mass is 10.1. The Morgan fingerprint density at radius 2 is 2.27 bits per heavy atom. The van der Waals surface area contributed by atoms with Crippen LogP contribution in [0, 0.1) is 5.82 Å². The summed E-state index contributed by atoms with van der Waals surface area (Å²) >= 11 is 0. The van der Waals surface area contributed by atoms with Crippen LogP contribution in [0.25, 0.3) is 11.1 Å². The van der Waals surface area contributed by atoms with E-state index in [0.717, 1.165) is 6.54 Å². The van der Waals surface area contributed by atoms with E-state index in [9.17, 15) is 9.50 Å². The van der Waals surface area contributed by atoms with Crippen molar-refractivity contribution in [2.24, 2.45) is 0 Å². The summed E-state index contributed by atoms with van der Waals surface area (Å²) in [4.78, 5) is 0. The molecule has 0 fully saturated rings. The van der Waals surface area contributed by atoms with Crippen molar-refractivity contribution in [1.29, 1.82) is 0 Å². The van der Waals surface area contributed by atoms with Crippen molar-refractivity contribution >= 4 is 0 Å². The van der Waals surface area contributed by atoms with Crippen LogP contribution in [0.5, 0.6) is 5.75 Å². The first kappa shape index (κ1) is 9.71. The van der Waals surface area contributed by atoms with E-state index in [0.29, 0.717) is 11.1 Å². The van der Waals surface area contributed by atoms with Crippen LogP contribution in [0.2, 0.25) is 0 Å². The van der Waals surface area contributed by atoms with Gasteiger partial charge in [0.25, 0.3) is 0 Å². The van der Waals surface area contributed by atoms with Crippen LogP contribution in [0.15, 0.2) is 30.6 Å². The van der Waals surface area contributed by atoms with Crippen molar-refractivity contribution in [1.82, 2.24) is 9.78 Å². The molecule has 2 aromatic rings. The number of phenols is 1. The summed E-state index contributed by atoms with van der Waals surface area (Å²) in [7, 11) is 0. The van der Waals surface area contributed by atoms with Crippen LogP contribution < -0.4 is 0 Å². The van der Waals surface area contributed by atoms with Crippen molar-refractivity contribution in [2.45, 2.75) is 13.5 Å². The number of rotatable bonds is 2. The number of nitrogens with zero attached hydrogens (tertiary/aromatic N) is 2. The number of hydrogen-bond donors (Lipinski definition) is 1. The van der Waals surface area contributed by atoms with Crippen LogP contribution in [-0.4, -0.2) is 14.9 Å². The first-order valence-electron chi connectivity index (χ1n) is 4.72. The van der Waals surface area contributed by atoms with Crippen molar-refractivity contribution in [2.75, 3.05) is 0 Å². The van der Waals surface area contributed by atoms with Gasteiger partial charge in [0.05, 0.1) is 6.20 Å². The van der Waals surface area contributed by atoms with E-state index in [1.807, 2.05) is 6.92 Å². The largest absolute Gasteiger partial charge is 0.504 e. The third-order valence-corrected chi connectivity index (χ3v) is 2.26. The average Bonchev–Trinajstić information content (AvgIpc) is 2.70. The highest BCUT2D eigenvalue weighted by molar-refractivity contribution is 5.68. The Balaban J connectivity index is 2.49. The van der Waals surface area contributed by atoms with Gasteiger partial charge in [0, 0.05) is 23.9 Å². The molecule has 0 spiro atoms. The van der Waals surface area contributed by atoms with Crippen molar-refractivity contribution in [3.63, 3.8) is 0 Å². The monoisotopic (exact) mass is 206 g/mol. The molecule has 15 heavy (non-hydrogen) atoms. The molecule has 0 atom stereocenters. The molecule has 2 rings (SSSR count). The molecule has 1 N–H and O–H groups in total. The molecule has 0 aliphatic heterocycles. The fourth-order valence-corrected chi connectivity index (χ4v) is 1.42. The van der Waals surface area contributed by atoms with Gasteiger partial charge in [-0.25, -0.2) is 4.39 Å². The Kier molecular flexibility index (Phi) is 2.41.